The Morgan fingerprint density at radius 3 is 2.80 bits per heavy atom. The van der Waals surface area contributed by atoms with Gasteiger partial charge < -0.3 is 4.57 Å². The average Bonchev–Trinajstić information content (AvgIpc) is 2.91. The fourth-order valence-corrected chi connectivity index (χ4v) is 2.17. The summed E-state index contributed by atoms with van der Waals surface area (Å²) in [5.41, 5.74) is 2.66. The largest absolute Gasteiger partial charge is 0.334 e. The van der Waals surface area contributed by atoms with E-state index >= 15 is 0 Å². The topological polar surface area (TPSA) is 17.8 Å². The van der Waals surface area contributed by atoms with Crippen LogP contribution in [0.1, 0.15) is 49.8 Å². The Morgan fingerprint density at radius 1 is 1.47 bits per heavy atom. The molecule has 1 aromatic rings. The van der Waals surface area contributed by atoms with Crippen LogP contribution in [0.4, 0.5) is 0 Å². The van der Waals surface area contributed by atoms with Crippen LogP contribution in [0, 0.1) is 12.8 Å². The number of aromatic nitrogens is 2. The van der Waals surface area contributed by atoms with Gasteiger partial charge in [-0.3, -0.25) is 0 Å². The van der Waals surface area contributed by atoms with Crippen molar-refractivity contribution < 1.29 is 0 Å². The quantitative estimate of drug-likeness (QED) is 0.634. The molecule has 0 saturated heterocycles. The van der Waals surface area contributed by atoms with Crippen molar-refractivity contribution in [1.82, 2.24) is 9.55 Å². The first kappa shape index (κ1) is 10.5. The highest BCUT2D eigenvalue weighted by Crippen LogP contribution is 2.52. The van der Waals surface area contributed by atoms with Crippen LogP contribution in [0.25, 0.3) is 6.08 Å². The van der Waals surface area contributed by atoms with Crippen molar-refractivity contribution in [1.29, 1.82) is 0 Å². The average molecular weight is 204 g/mol. The van der Waals surface area contributed by atoms with Crippen LogP contribution in [-0.2, 0) is 7.05 Å². The molecule has 2 aliphatic rings. The predicted octanol–water partition coefficient (Wildman–Crippen LogP) is 3.28. The van der Waals surface area contributed by atoms with Crippen molar-refractivity contribution >= 4 is 6.08 Å². The minimum Gasteiger partial charge on any atom is -0.334 e. The number of rotatable bonds is 0. The van der Waals surface area contributed by atoms with E-state index in [4.69, 9.17) is 0 Å². The maximum absolute atomic E-state index is 4.50. The Morgan fingerprint density at radius 2 is 2.13 bits per heavy atom. The fraction of sp³-hybridized carbons (Fsp3) is 0.615. The zero-order chi connectivity index (χ0) is 11.0. The molecule has 0 N–H and O–H groups in total. The molecular formula is C13H20N2. The third-order valence-corrected chi connectivity index (χ3v) is 3.08. The van der Waals surface area contributed by atoms with Gasteiger partial charge in [-0.25, -0.2) is 4.98 Å². The maximum atomic E-state index is 4.50. The smallest absolute Gasteiger partial charge is 0.106 e. The predicted molar refractivity (Wildman–Crippen MR) is 63.8 cm³/mol. The number of hydrogen-bond donors (Lipinski definition) is 0. The standard InChI is InChI=1S/C10H12N2.C3H8/c1-6-11-9-4-3-7-5-8(7)10(9)12(6)2;1-3-2/h3-4,7-8H,5H2,1-2H3;3H2,1-2H3. The van der Waals surface area contributed by atoms with Crippen LogP contribution < -0.4 is 0 Å². The molecule has 1 heterocycles. The fourth-order valence-electron chi connectivity index (χ4n) is 2.17. The molecule has 0 amide bonds. The number of nitrogens with zero attached hydrogens (tertiary/aromatic N) is 2. The van der Waals surface area contributed by atoms with Gasteiger partial charge in [0, 0.05) is 18.7 Å². The zero-order valence-electron chi connectivity index (χ0n) is 10.1. The molecule has 0 spiro atoms. The molecule has 2 heteroatoms. The van der Waals surface area contributed by atoms with Gasteiger partial charge in [0.05, 0.1) is 5.69 Å². The van der Waals surface area contributed by atoms with E-state index in [0.717, 1.165) is 17.7 Å². The third kappa shape index (κ3) is 1.73. The number of hydrogen-bond acceptors (Lipinski definition) is 1. The summed E-state index contributed by atoms with van der Waals surface area (Å²) in [5.74, 6) is 2.75. The second-order valence-electron chi connectivity index (χ2n) is 4.56. The Bertz CT molecular complexity index is 387. The van der Waals surface area contributed by atoms with Crippen molar-refractivity contribution in [3.05, 3.63) is 23.3 Å². The number of allylic oxidation sites excluding steroid dienone is 1. The molecule has 0 aliphatic heterocycles. The Balaban J connectivity index is 0.000000258. The van der Waals surface area contributed by atoms with E-state index in [2.05, 4.69) is 49.5 Å². The van der Waals surface area contributed by atoms with E-state index in [0.29, 0.717) is 0 Å². The Hall–Kier alpha value is -1.05. The molecule has 0 bridgehead atoms. The first-order chi connectivity index (χ1) is 7.19. The SMILES string of the molecule is CCC.Cc1nc2c(n1C)C1CC1C=C2. The van der Waals surface area contributed by atoms with Gasteiger partial charge in [0.15, 0.2) is 0 Å². The van der Waals surface area contributed by atoms with Crippen molar-refractivity contribution in [2.75, 3.05) is 0 Å². The van der Waals surface area contributed by atoms with Gasteiger partial charge in [0.25, 0.3) is 0 Å². The number of fused-ring (bicyclic) bond motifs is 3. The van der Waals surface area contributed by atoms with Crippen molar-refractivity contribution in [2.24, 2.45) is 13.0 Å². The van der Waals surface area contributed by atoms with Crippen molar-refractivity contribution in [2.45, 2.75) is 39.5 Å². The highest BCUT2D eigenvalue weighted by Gasteiger charge is 2.42. The minimum atomic E-state index is 0.788. The lowest BCUT2D eigenvalue weighted by molar-refractivity contribution is 0.777. The molecule has 82 valence electrons. The summed E-state index contributed by atoms with van der Waals surface area (Å²) < 4.78 is 2.24. The van der Waals surface area contributed by atoms with Crippen LogP contribution in [0.15, 0.2) is 6.08 Å². The van der Waals surface area contributed by atoms with E-state index in [1.54, 1.807) is 0 Å². The van der Waals surface area contributed by atoms with E-state index in [-0.39, 0.29) is 0 Å². The molecule has 2 unspecified atom stereocenters. The van der Waals surface area contributed by atoms with Crippen molar-refractivity contribution in [3.63, 3.8) is 0 Å². The highest BCUT2D eigenvalue weighted by atomic mass is 15.1. The van der Waals surface area contributed by atoms with Crippen LogP contribution in [0.2, 0.25) is 0 Å². The number of imidazole rings is 1. The van der Waals surface area contributed by atoms with Gasteiger partial charge in [-0.05, 0) is 25.3 Å². The molecule has 2 nitrogen and oxygen atoms in total. The summed E-state index contributed by atoms with van der Waals surface area (Å²) in [6.07, 6.45) is 7.07. The molecule has 2 aliphatic carbocycles. The van der Waals surface area contributed by atoms with Gasteiger partial charge in [0.2, 0.25) is 0 Å². The summed E-state index contributed by atoms with van der Waals surface area (Å²) in [6, 6.07) is 0. The monoisotopic (exact) mass is 204 g/mol. The van der Waals surface area contributed by atoms with Crippen LogP contribution in [0.5, 0.6) is 0 Å². The summed E-state index contributed by atoms with van der Waals surface area (Å²) in [5, 5.41) is 0. The molecule has 1 aromatic heterocycles. The van der Waals surface area contributed by atoms with Gasteiger partial charge in [-0.2, -0.15) is 0 Å². The van der Waals surface area contributed by atoms with Crippen LogP contribution in [0.3, 0.4) is 0 Å². The van der Waals surface area contributed by atoms with E-state index in [9.17, 15) is 0 Å². The summed E-state index contributed by atoms with van der Waals surface area (Å²) >= 11 is 0. The van der Waals surface area contributed by atoms with Crippen LogP contribution in [-0.4, -0.2) is 9.55 Å². The van der Waals surface area contributed by atoms with E-state index in [1.807, 2.05) is 0 Å². The molecule has 15 heavy (non-hydrogen) atoms. The number of aryl methyl sites for hydroxylation is 1. The minimum absolute atomic E-state index is 0.788. The molecule has 0 aromatic carbocycles. The lowest BCUT2D eigenvalue weighted by atomic mass is 10.1. The first-order valence-corrected chi connectivity index (χ1v) is 5.90. The lowest BCUT2D eigenvalue weighted by Crippen LogP contribution is -1.99. The summed E-state index contributed by atoms with van der Waals surface area (Å²) in [7, 11) is 2.12. The lowest BCUT2D eigenvalue weighted by Gasteiger charge is -2.05. The summed E-state index contributed by atoms with van der Waals surface area (Å²) in [4.78, 5) is 4.50. The van der Waals surface area contributed by atoms with Gasteiger partial charge in [0.1, 0.15) is 5.82 Å². The van der Waals surface area contributed by atoms with E-state index < -0.39 is 0 Å². The van der Waals surface area contributed by atoms with Crippen LogP contribution >= 0.6 is 0 Å². The van der Waals surface area contributed by atoms with Crippen molar-refractivity contribution in [3.8, 4) is 0 Å². The molecular weight excluding hydrogens is 184 g/mol. The van der Waals surface area contributed by atoms with Gasteiger partial charge in [-0.1, -0.05) is 26.3 Å². The maximum Gasteiger partial charge on any atom is 0.106 e. The van der Waals surface area contributed by atoms with Gasteiger partial charge >= 0.3 is 0 Å². The molecule has 3 rings (SSSR count). The molecule has 0 radical (unpaired) electrons. The highest BCUT2D eigenvalue weighted by molar-refractivity contribution is 5.56. The second kappa shape index (κ2) is 3.84. The zero-order valence-corrected chi connectivity index (χ0v) is 10.1. The molecule has 1 saturated carbocycles. The Kier molecular flexibility index (Phi) is 2.68. The molecule has 1 fully saturated rings. The second-order valence-corrected chi connectivity index (χ2v) is 4.56. The Labute approximate surface area is 92.0 Å². The first-order valence-electron chi connectivity index (χ1n) is 5.90. The normalized spacial score (nSPS) is 25.1. The van der Waals surface area contributed by atoms with E-state index in [1.165, 1.54) is 24.2 Å². The third-order valence-electron chi connectivity index (χ3n) is 3.08. The summed E-state index contributed by atoms with van der Waals surface area (Å²) in [6.45, 7) is 6.32. The molecule has 2 atom stereocenters. The van der Waals surface area contributed by atoms with Gasteiger partial charge in [-0.15, -0.1) is 0 Å².